The Morgan fingerprint density at radius 3 is 2.44 bits per heavy atom. The van der Waals surface area contributed by atoms with Crippen LogP contribution in [0.2, 0.25) is 0 Å². The Labute approximate surface area is 152 Å². The van der Waals surface area contributed by atoms with E-state index in [1.54, 1.807) is 0 Å². The number of carbonyl (C=O) groups excluding carboxylic acids is 1. The van der Waals surface area contributed by atoms with Gasteiger partial charge in [-0.15, -0.1) is 0 Å². The van der Waals surface area contributed by atoms with Crippen molar-refractivity contribution in [2.45, 2.75) is 47.1 Å². The molecular weight excluding hydrogens is 308 g/mol. The molecule has 0 radical (unpaired) electrons. The summed E-state index contributed by atoms with van der Waals surface area (Å²) in [6.07, 6.45) is 0. The summed E-state index contributed by atoms with van der Waals surface area (Å²) in [5.74, 6) is 0.453. The summed E-state index contributed by atoms with van der Waals surface area (Å²) in [5.41, 5.74) is 7.15. The highest BCUT2D eigenvalue weighted by Crippen LogP contribution is 2.27. The van der Waals surface area contributed by atoms with Crippen LogP contribution < -0.4 is 10.2 Å². The molecule has 0 aliphatic heterocycles. The second kappa shape index (κ2) is 8.30. The highest BCUT2D eigenvalue weighted by molar-refractivity contribution is 5.93. The monoisotopic (exact) mass is 339 g/mol. The van der Waals surface area contributed by atoms with Gasteiger partial charge in [0.1, 0.15) is 6.54 Å². The number of hydrogen-bond donors (Lipinski definition) is 2. The van der Waals surface area contributed by atoms with Gasteiger partial charge in [-0.1, -0.05) is 55.8 Å². The molecule has 0 aromatic heterocycles. The zero-order chi connectivity index (χ0) is 18.6. The first-order valence-corrected chi connectivity index (χ1v) is 9.04. The maximum Gasteiger partial charge on any atom is 0.279 e. The van der Waals surface area contributed by atoms with Crippen LogP contribution in [0.15, 0.2) is 36.4 Å². The summed E-state index contributed by atoms with van der Waals surface area (Å²) >= 11 is 0. The molecule has 0 bridgehead atoms. The standard InChI is InChI=1S/C22H30N2O/c1-15(2)20-9-7-8-17(4)22(20)23-21(25)14-24(6)13-19-11-10-16(3)12-18(19)5/h7-12,15H,13-14H2,1-6H3,(H,23,25)/p+1. The minimum absolute atomic E-state index is 0.0680. The van der Waals surface area contributed by atoms with Gasteiger partial charge in [0.05, 0.1) is 7.05 Å². The van der Waals surface area contributed by atoms with Gasteiger partial charge in [0, 0.05) is 11.3 Å². The van der Waals surface area contributed by atoms with Crippen molar-refractivity contribution < 1.29 is 9.69 Å². The smallest absolute Gasteiger partial charge is 0.279 e. The molecule has 1 unspecified atom stereocenters. The summed E-state index contributed by atoms with van der Waals surface area (Å²) in [7, 11) is 2.07. The number of carbonyl (C=O) groups is 1. The fourth-order valence-corrected chi connectivity index (χ4v) is 3.23. The molecule has 0 heterocycles. The van der Waals surface area contributed by atoms with E-state index < -0.39 is 0 Å². The molecule has 1 amide bonds. The number of likely N-dealkylation sites (N-methyl/N-ethyl adjacent to an activating group) is 1. The molecule has 2 aromatic rings. The van der Waals surface area contributed by atoms with E-state index in [-0.39, 0.29) is 5.91 Å². The second-order valence-corrected chi connectivity index (χ2v) is 7.48. The first kappa shape index (κ1) is 19.2. The lowest BCUT2D eigenvalue weighted by Crippen LogP contribution is -3.08. The average molecular weight is 340 g/mol. The van der Waals surface area contributed by atoms with Gasteiger partial charge in [0.25, 0.3) is 5.91 Å². The quantitative estimate of drug-likeness (QED) is 0.831. The summed E-state index contributed by atoms with van der Waals surface area (Å²) < 4.78 is 0. The molecule has 3 nitrogen and oxygen atoms in total. The van der Waals surface area contributed by atoms with Crippen molar-refractivity contribution in [3.05, 3.63) is 64.2 Å². The summed E-state index contributed by atoms with van der Waals surface area (Å²) in [6, 6.07) is 12.7. The number of rotatable bonds is 6. The molecule has 0 fully saturated rings. The third-order valence-corrected chi connectivity index (χ3v) is 4.64. The Morgan fingerprint density at radius 1 is 1.08 bits per heavy atom. The van der Waals surface area contributed by atoms with Crippen LogP contribution in [0.5, 0.6) is 0 Å². The predicted octanol–water partition coefficient (Wildman–Crippen LogP) is 3.39. The highest BCUT2D eigenvalue weighted by Gasteiger charge is 2.16. The topological polar surface area (TPSA) is 33.5 Å². The minimum atomic E-state index is 0.0680. The van der Waals surface area contributed by atoms with E-state index in [1.807, 2.05) is 13.0 Å². The van der Waals surface area contributed by atoms with Crippen LogP contribution in [-0.4, -0.2) is 19.5 Å². The minimum Gasteiger partial charge on any atom is -0.326 e. The van der Waals surface area contributed by atoms with Crippen molar-refractivity contribution in [2.75, 3.05) is 18.9 Å². The van der Waals surface area contributed by atoms with Crippen LogP contribution in [0.1, 0.15) is 47.6 Å². The number of para-hydroxylation sites is 1. The molecule has 2 N–H and O–H groups in total. The summed E-state index contributed by atoms with van der Waals surface area (Å²) in [6.45, 7) is 11.9. The van der Waals surface area contributed by atoms with Gasteiger partial charge in [0.15, 0.2) is 6.54 Å². The number of amides is 1. The predicted molar refractivity (Wildman–Crippen MR) is 105 cm³/mol. The summed E-state index contributed by atoms with van der Waals surface area (Å²) in [4.78, 5) is 13.7. The number of quaternary nitrogens is 1. The SMILES string of the molecule is Cc1ccc(C[NH+](C)CC(=O)Nc2c(C)cccc2C(C)C)c(C)c1. The fourth-order valence-electron chi connectivity index (χ4n) is 3.23. The third-order valence-electron chi connectivity index (χ3n) is 4.64. The van der Waals surface area contributed by atoms with Crippen molar-refractivity contribution in [3.63, 3.8) is 0 Å². The Bertz CT molecular complexity index is 750. The maximum atomic E-state index is 12.5. The fraction of sp³-hybridized carbons (Fsp3) is 0.409. The number of anilines is 1. The van der Waals surface area contributed by atoms with E-state index in [9.17, 15) is 4.79 Å². The molecule has 1 atom stereocenters. The lowest BCUT2D eigenvalue weighted by Gasteiger charge is -2.19. The molecular formula is C22H31N2O+. The van der Waals surface area contributed by atoms with Crippen LogP contribution in [0, 0.1) is 20.8 Å². The molecule has 2 rings (SSSR count). The zero-order valence-electron chi connectivity index (χ0n) is 16.4. The number of benzene rings is 2. The van der Waals surface area contributed by atoms with Crippen LogP contribution in [-0.2, 0) is 11.3 Å². The number of aryl methyl sites for hydroxylation is 3. The van der Waals surface area contributed by atoms with Gasteiger partial charge in [-0.3, -0.25) is 4.79 Å². The van der Waals surface area contributed by atoms with Crippen molar-refractivity contribution in [1.29, 1.82) is 0 Å². The van der Waals surface area contributed by atoms with Gasteiger partial charge < -0.3 is 10.2 Å². The Morgan fingerprint density at radius 2 is 1.80 bits per heavy atom. The van der Waals surface area contributed by atoms with Gasteiger partial charge in [-0.25, -0.2) is 0 Å². The second-order valence-electron chi connectivity index (χ2n) is 7.48. The number of hydrogen-bond acceptors (Lipinski definition) is 1. The average Bonchev–Trinajstić information content (AvgIpc) is 2.51. The van der Waals surface area contributed by atoms with Crippen molar-refractivity contribution in [1.82, 2.24) is 0 Å². The lowest BCUT2D eigenvalue weighted by atomic mass is 9.98. The first-order valence-electron chi connectivity index (χ1n) is 9.04. The highest BCUT2D eigenvalue weighted by atomic mass is 16.2. The Hall–Kier alpha value is -2.13. The van der Waals surface area contributed by atoms with E-state index >= 15 is 0 Å². The van der Waals surface area contributed by atoms with E-state index in [0.717, 1.165) is 17.8 Å². The molecule has 0 saturated heterocycles. The van der Waals surface area contributed by atoms with Gasteiger partial charge in [0.2, 0.25) is 0 Å². The third kappa shape index (κ3) is 5.17. The molecule has 25 heavy (non-hydrogen) atoms. The van der Waals surface area contributed by atoms with Crippen LogP contribution in [0.25, 0.3) is 0 Å². The molecule has 0 aliphatic rings. The summed E-state index contributed by atoms with van der Waals surface area (Å²) in [5, 5.41) is 3.14. The van der Waals surface area contributed by atoms with Crippen molar-refractivity contribution >= 4 is 11.6 Å². The molecule has 134 valence electrons. The van der Waals surface area contributed by atoms with Crippen LogP contribution >= 0.6 is 0 Å². The van der Waals surface area contributed by atoms with Crippen LogP contribution in [0.3, 0.4) is 0 Å². The Balaban J connectivity index is 2.03. The van der Waals surface area contributed by atoms with Gasteiger partial charge in [-0.05, 0) is 43.4 Å². The molecule has 3 heteroatoms. The van der Waals surface area contributed by atoms with Crippen LogP contribution in [0.4, 0.5) is 5.69 Å². The largest absolute Gasteiger partial charge is 0.326 e. The van der Waals surface area contributed by atoms with Crippen molar-refractivity contribution in [2.24, 2.45) is 0 Å². The molecule has 0 spiro atoms. The van der Waals surface area contributed by atoms with Crippen molar-refractivity contribution in [3.8, 4) is 0 Å². The molecule has 0 aliphatic carbocycles. The number of nitrogens with one attached hydrogen (secondary N) is 2. The van der Waals surface area contributed by atoms with E-state index in [2.05, 4.69) is 70.4 Å². The lowest BCUT2D eigenvalue weighted by molar-refractivity contribution is -0.885. The van der Waals surface area contributed by atoms with E-state index in [1.165, 1.54) is 27.2 Å². The first-order chi connectivity index (χ1) is 11.8. The van der Waals surface area contributed by atoms with E-state index in [4.69, 9.17) is 0 Å². The van der Waals surface area contributed by atoms with E-state index in [0.29, 0.717) is 12.5 Å². The molecule has 0 saturated carbocycles. The zero-order valence-corrected chi connectivity index (χ0v) is 16.4. The maximum absolute atomic E-state index is 12.5. The van der Waals surface area contributed by atoms with Gasteiger partial charge >= 0.3 is 0 Å². The Kier molecular flexibility index (Phi) is 6.38. The normalized spacial score (nSPS) is 12.3. The van der Waals surface area contributed by atoms with Gasteiger partial charge in [-0.2, -0.15) is 0 Å². The molecule has 2 aromatic carbocycles.